The summed E-state index contributed by atoms with van der Waals surface area (Å²) in [6.07, 6.45) is -10.6. The molecule has 19 nitrogen and oxygen atoms in total. The van der Waals surface area contributed by atoms with Gasteiger partial charge < -0.3 is 89.3 Å². The third kappa shape index (κ3) is 8.11. The van der Waals surface area contributed by atoms with Crippen LogP contribution in [0, 0.1) is 11.8 Å². The molecule has 5 aliphatic rings. The van der Waals surface area contributed by atoms with Gasteiger partial charge in [0.15, 0.2) is 24.3 Å². The second kappa shape index (κ2) is 15.3. The minimum atomic E-state index is -1.82. The third-order valence-corrected chi connectivity index (χ3v) is 10.4. The zero-order valence-corrected chi connectivity index (χ0v) is 26.8. The molecule has 3 saturated carbocycles. The molecule has 0 aromatic heterocycles. The highest BCUT2D eigenvalue weighted by molar-refractivity contribution is 5.92. The Bertz CT molecular complexity index is 1130. The number of hydrogen-bond acceptors (Lipinski definition) is 17. The van der Waals surface area contributed by atoms with Crippen LogP contribution in [0.25, 0.3) is 0 Å². The van der Waals surface area contributed by atoms with Crippen molar-refractivity contribution in [3.8, 4) is 0 Å². The van der Waals surface area contributed by atoms with Gasteiger partial charge in [0.1, 0.15) is 36.1 Å². The predicted molar refractivity (Wildman–Crippen MR) is 167 cm³/mol. The van der Waals surface area contributed by atoms with Crippen LogP contribution >= 0.6 is 0 Å². The summed E-state index contributed by atoms with van der Waals surface area (Å²) in [5.41, 5.74) is 33.7. The van der Waals surface area contributed by atoms with E-state index in [1.54, 1.807) is 0 Å². The molecule has 2 saturated heterocycles. The van der Waals surface area contributed by atoms with Crippen LogP contribution in [0.1, 0.15) is 38.5 Å². The molecule has 16 atom stereocenters. The van der Waals surface area contributed by atoms with Crippen LogP contribution in [-0.4, -0.2) is 159 Å². The summed E-state index contributed by atoms with van der Waals surface area (Å²) in [4.78, 5) is 17.2. The second-order valence-electron chi connectivity index (χ2n) is 14.2. The number of nitrogens with zero attached hydrogens (tertiary/aromatic N) is 1. The van der Waals surface area contributed by atoms with Crippen molar-refractivity contribution < 1.29 is 54.4 Å². The van der Waals surface area contributed by atoms with Gasteiger partial charge in [0.25, 0.3) is 0 Å². The number of rotatable bonds is 13. The van der Waals surface area contributed by atoms with Gasteiger partial charge in [-0.1, -0.05) is 0 Å². The van der Waals surface area contributed by atoms with Crippen molar-refractivity contribution in [2.75, 3.05) is 19.7 Å². The first-order valence-electron chi connectivity index (χ1n) is 16.6. The fourth-order valence-electron chi connectivity index (χ4n) is 7.34. The number of hydrogen-bond donors (Lipinski definition) is 13. The van der Waals surface area contributed by atoms with Gasteiger partial charge in [-0.05, 0) is 44.1 Å². The summed E-state index contributed by atoms with van der Waals surface area (Å²) < 4.78 is 23.9. The molecule has 5 rings (SSSR count). The molecule has 2 heterocycles. The van der Waals surface area contributed by atoms with Gasteiger partial charge in [-0.2, -0.15) is 0 Å². The molecular formula is C29H54N8O11. The largest absolute Gasteiger partial charge is 0.394 e. The molecule has 0 radical (unpaired) electrons. The zero-order chi connectivity index (χ0) is 35.1. The summed E-state index contributed by atoms with van der Waals surface area (Å²) in [5, 5.41) is 67.4. The lowest BCUT2D eigenvalue weighted by Gasteiger charge is -2.48. The Kier molecular flexibility index (Phi) is 12.0. The number of ketones is 1. The second-order valence-corrected chi connectivity index (χ2v) is 14.2. The molecular weight excluding hydrogens is 636 g/mol. The minimum absolute atomic E-state index is 0.00463. The van der Waals surface area contributed by atoms with E-state index >= 15 is 0 Å². The van der Waals surface area contributed by atoms with E-state index in [-0.39, 0.29) is 37.7 Å². The number of Topliss-reactive ketones (excluding diaryl/α,β-unsaturated/α-hetero) is 1. The van der Waals surface area contributed by atoms with Crippen LogP contribution in [0.5, 0.6) is 0 Å². The van der Waals surface area contributed by atoms with Gasteiger partial charge in [-0.25, -0.2) is 4.99 Å². The molecule has 276 valence electrons. The quantitative estimate of drug-likeness (QED) is 0.0630. The van der Waals surface area contributed by atoms with Crippen LogP contribution in [0.3, 0.4) is 0 Å². The molecule has 0 amide bonds. The number of carbonyl (C=O) groups excluding carboxylic acids is 1. The third-order valence-electron chi connectivity index (χ3n) is 10.4. The molecule has 0 aromatic rings. The molecule has 2 aliphatic heterocycles. The highest BCUT2D eigenvalue weighted by Gasteiger charge is 2.60. The van der Waals surface area contributed by atoms with Crippen LogP contribution in [0.2, 0.25) is 0 Å². The molecule has 3 aliphatic carbocycles. The Labute approximate surface area is 278 Å². The Balaban J connectivity index is 1.30. The Morgan fingerprint density at radius 1 is 0.854 bits per heavy atom. The molecule has 5 fully saturated rings. The molecule has 48 heavy (non-hydrogen) atoms. The lowest BCUT2D eigenvalue weighted by Crippen LogP contribution is -2.66. The maximum Gasteiger partial charge on any atom is 0.186 e. The predicted octanol–water partition coefficient (Wildman–Crippen LogP) is -6.90. The van der Waals surface area contributed by atoms with Gasteiger partial charge in [0.05, 0.1) is 43.0 Å². The van der Waals surface area contributed by atoms with E-state index in [9.17, 15) is 35.4 Å². The first-order chi connectivity index (χ1) is 22.6. The Morgan fingerprint density at radius 2 is 1.52 bits per heavy atom. The highest BCUT2D eigenvalue weighted by Crippen LogP contribution is 2.43. The number of ether oxygens (including phenoxy) is 4. The molecule has 0 spiro atoms. The maximum atomic E-state index is 13.3. The number of aliphatic hydroxyl groups excluding tert-OH is 5. The van der Waals surface area contributed by atoms with Gasteiger partial charge in [-0.3, -0.25) is 4.79 Å². The fourth-order valence-corrected chi connectivity index (χ4v) is 7.34. The van der Waals surface area contributed by atoms with Crippen molar-refractivity contribution in [3.05, 3.63) is 0 Å². The topological polar surface area (TPSA) is 356 Å². The van der Waals surface area contributed by atoms with E-state index in [1.165, 1.54) is 0 Å². The van der Waals surface area contributed by atoms with Crippen molar-refractivity contribution >= 4 is 11.7 Å². The summed E-state index contributed by atoms with van der Waals surface area (Å²) in [7, 11) is 0. The number of nitrogens with two attached hydrogens (primary N) is 6. The SMILES string of the molecule is NC(N)=NC1CC1(O)C(=O)C[C@@H]1C[C@H](N)[C@@H](O[C@H]2O[C@H](CNCC3CC(N)C3)[C@@H](O)C[C@H]2N)[C@H](O)[C@H]1O[C@H]1O[C@H](CO)[C@@H](O)[C@H](N)[C@H]1O. The standard InChI is InChI=1S/C29H54N8O11/c30-12-1-10(2-12)7-36-8-16-15(39)5-14(32)26(45-16)48-25-13(31)3-11(4-19(40)29(44)6-18(29)37-28(34)35)24(23(25)43)47-27-22(42)20(33)21(41)17(9-38)46-27/h10-18,20-27,36,38-39,41-44H,1-9,30-33H2,(H4,34,35,37)/t10?,11-,12?,13-,14+,15-,16+,17+,18?,20-,21+,22+,23+,24-,25+,26+,27+,29?/m0/s1. The van der Waals surface area contributed by atoms with Crippen LogP contribution in [0.15, 0.2) is 4.99 Å². The Morgan fingerprint density at radius 3 is 2.17 bits per heavy atom. The normalized spacial score (nSPS) is 49.2. The van der Waals surface area contributed by atoms with Gasteiger partial charge in [0.2, 0.25) is 0 Å². The minimum Gasteiger partial charge on any atom is -0.394 e. The van der Waals surface area contributed by atoms with Crippen molar-refractivity contribution in [2.45, 2.75) is 136 Å². The fraction of sp³-hybridized carbons (Fsp3) is 0.931. The molecule has 0 bridgehead atoms. The van der Waals surface area contributed by atoms with Crippen molar-refractivity contribution in [1.82, 2.24) is 5.32 Å². The van der Waals surface area contributed by atoms with Crippen molar-refractivity contribution in [1.29, 1.82) is 0 Å². The highest BCUT2D eigenvalue weighted by atomic mass is 16.7. The number of aliphatic imine (C=N–C) groups is 1. The first-order valence-corrected chi connectivity index (χ1v) is 16.6. The summed E-state index contributed by atoms with van der Waals surface area (Å²) in [5.74, 6) is -1.27. The average Bonchev–Trinajstić information content (AvgIpc) is 3.66. The van der Waals surface area contributed by atoms with Crippen molar-refractivity contribution in [2.24, 2.45) is 51.2 Å². The monoisotopic (exact) mass is 690 g/mol. The van der Waals surface area contributed by atoms with Crippen LogP contribution in [-0.2, 0) is 23.7 Å². The summed E-state index contributed by atoms with van der Waals surface area (Å²) in [6.45, 7) is 0.408. The number of guanidine groups is 1. The van der Waals surface area contributed by atoms with E-state index in [0.29, 0.717) is 12.5 Å². The van der Waals surface area contributed by atoms with E-state index in [0.717, 1.165) is 19.4 Å². The Hall–Kier alpha value is -1.66. The van der Waals surface area contributed by atoms with Gasteiger partial charge in [0, 0.05) is 31.5 Å². The maximum absolute atomic E-state index is 13.3. The van der Waals surface area contributed by atoms with Crippen LogP contribution < -0.4 is 39.7 Å². The number of nitrogens with one attached hydrogen (secondary N) is 1. The zero-order valence-electron chi connectivity index (χ0n) is 26.8. The van der Waals surface area contributed by atoms with Gasteiger partial charge >= 0.3 is 0 Å². The van der Waals surface area contributed by atoms with Crippen LogP contribution in [0.4, 0.5) is 0 Å². The molecule has 0 aromatic carbocycles. The van der Waals surface area contributed by atoms with Crippen molar-refractivity contribution in [3.63, 3.8) is 0 Å². The lowest BCUT2D eigenvalue weighted by molar-refractivity contribution is -0.320. The summed E-state index contributed by atoms with van der Waals surface area (Å²) in [6, 6.07) is -3.53. The molecule has 19 N–H and O–H groups in total. The van der Waals surface area contributed by atoms with E-state index < -0.39 is 109 Å². The first kappa shape index (κ1) is 37.6. The molecule has 19 heteroatoms. The summed E-state index contributed by atoms with van der Waals surface area (Å²) >= 11 is 0. The average molecular weight is 691 g/mol. The molecule has 2 unspecified atom stereocenters. The van der Waals surface area contributed by atoms with E-state index in [4.69, 9.17) is 53.3 Å². The van der Waals surface area contributed by atoms with Gasteiger partial charge in [-0.15, -0.1) is 0 Å². The smallest absolute Gasteiger partial charge is 0.186 e. The van der Waals surface area contributed by atoms with E-state index in [1.807, 2.05) is 0 Å². The van der Waals surface area contributed by atoms with E-state index in [2.05, 4.69) is 10.3 Å². The lowest BCUT2D eigenvalue weighted by atomic mass is 9.76. The number of aliphatic hydroxyl groups is 6. The number of carbonyl (C=O) groups is 1.